The molecule has 1 rings (SSSR count). The van der Waals surface area contributed by atoms with Crippen LogP contribution in [0.1, 0.15) is 23.1 Å². The quantitative estimate of drug-likeness (QED) is 0.807. The second-order valence-electron chi connectivity index (χ2n) is 4.72. The fourth-order valence-electron chi connectivity index (χ4n) is 1.74. The molecule has 1 heterocycles. The highest BCUT2D eigenvalue weighted by Crippen LogP contribution is 2.17. The van der Waals surface area contributed by atoms with Crippen LogP contribution in [0.3, 0.4) is 0 Å². The van der Waals surface area contributed by atoms with Crippen molar-refractivity contribution in [2.45, 2.75) is 19.9 Å². The zero-order chi connectivity index (χ0) is 15.0. The lowest BCUT2D eigenvalue weighted by atomic mass is 10.3. The first-order valence-corrected chi connectivity index (χ1v) is 7.49. The maximum Gasteiger partial charge on any atom is 0.236 e. The van der Waals surface area contributed by atoms with Crippen LogP contribution in [0.5, 0.6) is 0 Å². The van der Waals surface area contributed by atoms with Gasteiger partial charge in [-0.1, -0.05) is 18.8 Å². The first-order chi connectivity index (χ1) is 9.56. The van der Waals surface area contributed by atoms with Crippen LogP contribution in [-0.2, 0) is 11.3 Å². The monoisotopic (exact) mass is 294 g/mol. The average Bonchev–Trinajstić information content (AvgIpc) is 2.84. The third kappa shape index (κ3) is 5.74. The molecule has 0 saturated carbocycles. The molecule has 0 unspecified atom stereocenters. The molecule has 0 aliphatic carbocycles. The summed E-state index contributed by atoms with van der Waals surface area (Å²) in [5.41, 5.74) is 0. The predicted molar refractivity (Wildman–Crippen MR) is 82.5 cm³/mol. The van der Waals surface area contributed by atoms with Gasteiger partial charge in [-0.15, -0.1) is 11.3 Å². The van der Waals surface area contributed by atoms with Crippen LogP contribution >= 0.6 is 11.3 Å². The molecule has 0 aliphatic rings. The van der Waals surface area contributed by atoms with E-state index in [1.54, 1.807) is 30.3 Å². The molecular weight excluding hydrogens is 272 g/mol. The highest BCUT2D eigenvalue weighted by Gasteiger charge is 2.12. The van der Waals surface area contributed by atoms with Gasteiger partial charge in [-0.05, 0) is 25.1 Å². The van der Waals surface area contributed by atoms with Gasteiger partial charge < -0.3 is 10.0 Å². The Hall–Kier alpha value is -1.35. The Kier molecular flexibility index (Phi) is 7.31. The van der Waals surface area contributed by atoms with Crippen molar-refractivity contribution in [3.05, 3.63) is 21.9 Å². The van der Waals surface area contributed by atoms with Crippen molar-refractivity contribution in [1.29, 1.82) is 0 Å². The van der Waals surface area contributed by atoms with Crippen molar-refractivity contribution >= 4 is 17.2 Å². The molecule has 0 spiro atoms. The molecule has 110 valence electrons. The Morgan fingerprint density at radius 1 is 1.40 bits per heavy atom. The molecule has 20 heavy (non-hydrogen) atoms. The standard InChI is InChI=1S/C15H22N2O2S/c1-4-9-17(12-15(19)16(2)3)11-14-8-7-13(20-14)6-5-10-18/h7-8,18H,4,9-12H2,1-3H3. The fraction of sp³-hybridized carbons (Fsp3) is 0.533. The van der Waals surface area contributed by atoms with E-state index in [1.807, 2.05) is 12.1 Å². The van der Waals surface area contributed by atoms with Gasteiger partial charge in [0.05, 0.1) is 11.4 Å². The smallest absolute Gasteiger partial charge is 0.236 e. The van der Waals surface area contributed by atoms with Gasteiger partial charge in [-0.2, -0.15) is 0 Å². The maximum atomic E-state index is 11.8. The van der Waals surface area contributed by atoms with Crippen molar-refractivity contribution < 1.29 is 9.90 Å². The minimum Gasteiger partial charge on any atom is -0.384 e. The summed E-state index contributed by atoms with van der Waals surface area (Å²) in [6.07, 6.45) is 1.02. The van der Waals surface area contributed by atoms with E-state index in [2.05, 4.69) is 23.7 Å². The molecule has 1 aromatic rings. The van der Waals surface area contributed by atoms with Gasteiger partial charge in [0.15, 0.2) is 0 Å². The van der Waals surface area contributed by atoms with Crippen molar-refractivity contribution in [3.63, 3.8) is 0 Å². The van der Waals surface area contributed by atoms with E-state index in [-0.39, 0.29) is 12.5 Å². The molecule has 0 bridgehead atoms. The molecular formula is C15H22N2O2S. The molecule has 1 aromatic heterocycles. The van der Waals surface area contributed by atoms with Gasteiger partial charge in [-0.25, -0.2) is 0 Å². The van der Waals surface area contributed by atoms with Crippen LogP contribution < -0.4 is 0 Å². The molecule has 0 saturated heterocycles. The van der Waals surface area contributed by atoms with Crippen LogP contribution in [0.4, 0.5) is 0 Å². The summed E-state index contributed by atoms with van der Waals surface area (Å²) < 4.78 is 0. The number of hydrogen-bond acceptors (Lipinski definition) is 4. The Morgan fingerprint density at radius 2 is 2.15 bits per heavy atom. The zero-order valence-corrected chi connectivity index (χ0v) is 13.2. The summed E-state index contributed by atoms with van der Waals surface area (Å²) in [5.74, 6) is 5.67. The Morgan fingerprint density at radius 3 is 2.75 bits per heavy atom. The summed E-state index contributed by atoms with van der Waals surface area (Å²) in [7, 11) is 3.56. The molecule has 0 aromatic carbocycles. The van der Waals surface area contributed by atoms with E-state index in [0.29, 0.717) is 6.54 Å². The van der Waals surface area contributed by atoms with E-state index in [4.69, 9.17) is 5.11 Å². The van der Waals surface area contributed by atoms with Crippen molar-refractivity contribution in [3.8, 4) is 11.8 Å². The highest BCUT2D eigenvalue weighted by atomic mass is 32.1. The van der Waals surface area contributed by atoms with Crippen molar-refractivity contribution in [1.82, 2.24) is 9.80 Å². The summed E-state index contributed by atoms with van der Waals surface area (Å²) in [4.78, 5) is 17.7. The van der Waals surface area contributed by atoms with E-state index in [9.17, 15) is 4.79 Å². The highest BCUT2D eigenvalue weighted by molar-refractivity contribution is 7.12. The van der Waals surface area contributed by atoms with Gasteiger partial charge in [0.25, 0.3) is 0 Å². The molecule has 4 nitrogen and oxygen atoms in total. The second kappa shape index (κ2) is 8.75. The lowest BCUT2D eigenvalue weighted by Gasteiger charge is -2.22. The summed E-state index contributed by atoms with van der Waals surface area (Å²) in [5, 5.41) is 8.68. The predicted octanol–water partition coefficient (Wildman–Crippen LogP) is 1.39. The molecule has 1 amide bonds. The van der Waals surface area contributed by atoms with E-state index in [0.717, 1.165) is 24.4 Å². The zero-order valence-electron chi connectivity index (χ0n) is 12.3. The molecule has 0 fully saturated rings. The first-order valence-electron chi connectivity index (χ1n) is 6.67. The van der Waals surface area contributed by atoms with Gasteiger partial charge in [0.2, 0.25) is 5.91 Å². The number of carbonyl (C=O) groups is 1. The van der Waals surface area contributed by atoms with Gasteiger partial charge in [0.1, 0.15) is 6.61 Å². The average molecular weight is 294 g/mol. The molecule has 5 heteroatoms. The number of thiophene rings is 1. The molecule has 0 radical (unpaired) electrons. The number of aliphatic hydroxyl groups excluding tert-OH is 1. The molecule has 0 aliphatic heterocycles. The van der Waals surface area contributed by atoms with Gasteiger partial charge in [-0.3, -0.25) is 9.69 Å². The van der Waals surface area contributed by atoms with Gasteiger partial charge in [0, 0.05) is 25.5 Å². The van der Waals surface area contributed by atoms with E-state index < -0.39 is 0 Å². The van der Waals surface area contributed by atoms with Gasteiger partial charge >= 0.3 is 0 Å². The minimum absolute atomic E-state index is 0.119. The third-order valence-corrected chi connectivity index (χ3v) is 3.71. The van der Waals surface area contributed by atoms with Crippen LogP contribution in [0, 0.1) is 11.8 Å². The number of hydrogen-bond donors (Lipinski definition) is 1. The van der Waals surface area contributed by atoms with Crippen LogP contribution in [0.15, 0.2) is 12.1 Å². The molecule has 1 N–H and O–H groups in total. The maximum absolute atomic E-state index is 11.8. The van der Waals surface area contributed by atoms with E-state index in [1.165, 1.54) is 4.88 Å². The third-order valence-electron chi connectivity index (χ3n) is 2.73. The lowest BCUT2D eigenvalue weighted by molar-refractivity contribution is -0.130. The first kappa shape index (κ1) is 16.7. The lowest BCUT2D eigenvalue weighted by Crippen LogP contribution is -2.36. The number of carbonyl (C=O) groups excluding carboxylic acids is 1. The summed E-state index contributed by atoms with van der Waals surface area (Å²) in [6, 6.07) is 4.00. The largest absolute Gasteiger partial charge is 0.384 e. The van der Waals surface area contributed by atoms with Crippen LogP contribution in [0.2, 0.25) is 0 Å². The van der Waals surface area contributed by atoms with Crippen molar-refractivity contribution in [2.75, 3.05) is 33.8 Å². The molecule has 0 atom stereocenters. The number of rotatable bonds is 6. The second-order valence-corrected chi connectivity index (χ2v) is 5.89. The Labute approximate surface area is 125 Å². The van der Waals surface area contributed by atoms with E-state index >= 15 is 0 Å². The number of aliphatic hydroxyl groups is 1. The number of amides is 1. The fourth-order valence-corrected chi connectivity index (χ4v) is 2.67. The minimum atomic E-state index is -0.119. The number of nitrogens with zero attached hydrogens (tertiary/aromatic N) is 2. The van der Waals surface area contributed by atoms with Crippen molar-refractivity contribution in [2.24, 2.45) is 0 Å². The van der Waals surface area contributed by atoms with Crippen LogP contribution in [-0.4, -0.2) is 54.6 Å². The summed E-state index contributed by atoms with van der Waals surface area (Å²) >= 11 is 1.61. The topological polar surface area (TPSA) is 43.8 Å². The van der Waals surface area contributed by atoms with Crippen LogP contribution in [0.25, 0.3) is 0 Å². The normalized spacial score (nSPS) is 10.2. The number of likely N-dealkylation sites (N-methyl/N-ethyl adjacent to an activating group) is 1. The Balaban J connectivity index is 2.65. The SMILES string of the molecule is CCCN(CC(=O)N(C)C)Cc1ccc(C#CCO)s1. The summed E-state index contributed by atoms with van der Waals surface area (Å²) in [6.45, 7) is 4.09. The Bertz CT molecular complexity index is 486.